The van der Waals surface area contributed by atoms with Gasteiger partial charge in [-0.25, -0.2) is 0 Å². The largest absolute Gasteiger partial charge is 0.382 e. The first kappa shape index (κ1) is 16.7. The van der Waals surface area contributed by atoms with Crippen molar-refractivity contribution in [2.75, 3.05) is 13.2 Å². The van der Waals surface area contributed by atoms with Crippen LogP contribution >= 0.6 is 0 Å². The van der Waals surface area contributed by atoms with Crippen molar-refractivity contribution in [1.82, 2.24) is 10.6 Å². The molecule has 2 rings (SSSR count). The smallest absolute Gasteiger partial charge is 0.250 e. The second-order valence-corrected chi connectivity index (χ2v) is 3.16. The fourth-order valence-corrected chi connectivity index (χ4v) is 0.916. The van der Waals surface area contributed by atoms with Crippen LogP contribution < -0.4 is 10.6 Å². The number of ether oxygens (including phenoxy) is 1. The molecule has 0 saturated heterocycles. The molecular formula is C12H16N2O5. The third-order valence-corrected chi connectivity index (χ3v) is 1.67. The van der Waals surface area contributed by atoms with Crippen LogP contribution in [0.2, 0.25) is 0 Å². The maximum absolute atomic E-state index is 10.0. The number of imide groups is 2. The van der Waals surface area contributed by atoms with Crippen molar-refractivity contribution in [2.24, 2.45) is 0 Å². The number of nitrogens with one attached hydrogen (secondary N) is 2. The molecule has 104 valence electrons. The highest BCUT2D eigenvalue weighted by molar-refractivity contribution is 6.13. The zero-order valence-corrected chi connectivity index (χ0v) is 10.8. The summed E-state index contributed by atoms with van der Waals surface area (Å²) < 4.78 is 4.83. The number of amides is 4. The molecule has 0 aromatic heterocycles. The van der Waals surface area contributed by atoms with Gasteiger partial charge in [-0.15, -0.1) is 0 Å². The third kappa shape index (κ3) is 9.42. The Labute approximate surface area is 110 Å². The molecule has 0 atom stereocenters. The van der Waals surface area contributed by atoms with E-state index in [1.54, 1.807) is 0 Å². The first-order valence-corrected chi connectivity index (χ1v) is 5.63. The number of rotatable bonds is 2. The van der Waals surface area contributed by atoms with E-state index >= 15 is 0 Å². The van der Waals surface area contributed by atoms with Gasteiger partial charge in [-0.3, -0.25) is 29.8 Å². The van der Waals surface area contributed by atoms with Crippen molar-refractivity contribution in [3.05, 3.63) is 24.3 Å². The van der Waals surface area contributed by atoms with E-state index in [1.165, 1.54) is 24.3 Å². The summed E-state index contributed by atoms with van der Waals surface area (Å²) in [7, 11) is 0. The molecule has 7 heteroatoms. The molecule has 0 radical (unpaired) electrons. The highest BCUT2D eigenvalue weighted by atomic mass is 16.5. The molecule has 2 heterocycles. The Morgan fingerprint density at radius 1 is 0.737 bits per heavy atom. The highest BCUT2D eigenvalue weighted by Gasteiger charge is 2.07. The summed E-state index contributed by atoms with van der Waals surface area (Å²) in [5, 5.41) is 4.06. The SMILES string of the molecule is CCOCC.O=C1C=CC(=O)N1.O=C1C=CC(=O)N1. The van der Waals surface area contributed by atoms with Gasteiger partial charge in [0.1, 0.15) is 0 Å². The van der Waals surface area contributed by atoms with E-state index in [0.717, 1.165) is 13.2 Å². The van der Waals surface area contributed by atoms with Crippen LogP contribution in [-0.2, 0) is 23.9 Å². The maximum Gasteiger partial charge on any atom is 0.250 e. The highest BCUT2D eigenvalue weighted by Crippen LogP contribution is 1.83. The summed E-state index contributed by atoms with van der Waals surface area (Å²) in [6.45, 7) is 5.67. The number of carbonyl (C=O) groups is 4. The van der Waals surface area contributed by atoms with Crippen molar-refractivity contribution >= 4 is 23.6 Å². The fourth-order valence-electron chi connectivity index (χ4n) is 0.916. The van der Waals surface area contributed by atoms with E-state index in [-0.39, 0.29) is 23.6 Å². The molecule has 0 unspecified atom stereocenters. The molecule has 0 bridgehead atoms. The van der Waals surface area contributed by atoms with Crippen LogP contribution in [0.15, 0.2) is 24.3 Å². The molecule has 19 heavy (non-hydrogen) atoms. The molecule has 0 saturated carbocycles. The molecule has 0 aromatic rings. The second-order valence-electron chi connectivity index (χ2n) is 3.16. The molecule has 0 aliphatic carbocycles. The normalized spacial score (nSPS) is 15.3. The van der Waals surface area contributed by atoms with Gasteiger partial charge < -0.3 is 4.74 Å². The topological polar surface area (TPSA) is 102 Å². The average Bonchev–Trinajstić information content (AvgIpc) is 2.90. The summed E-state index contributed by atoms with van der Waals surface area (Å²) in [5.41, 5.74) is 0. The van der Waals surface area contributed by atoms with E-state index in [1.807, 2.05) is 24.5 Å². The zero-order valence-electron chi connectivity index (χ0n) is 10.8. The Morgan fingerprint density at radius 3 is 1.05 bits per heavy atom. The van der Waals surface area contributed by atoms with E-state index in [2.05, 4.69) is 0 Å². The lowest BCUT2D eigenvalue weighted by Gasteiger charge is -1.86. The molecule has 0 aromatic carbocycles. The monoisotopic (exact) mass is 268 g/mol. The van der Waals surface area contributed by atoms with Crippen molar-refractivity contribution in [3.63, 3.8) is 0 Å². The first-order chi connectivity index (χ1) is 8.99. The van der Waals surface area contributed by atoms with Crippen molar-refractivity contribution < 1.29 is 23.9 Å². The van der Waals surface area contributed by atoms with Gasteiger partial charge in [0.15, 0.2) is 0 Å². The van der Waals surface area contributed by atoms with Gasteiger partial charge in [0.05, 0.1) is 0 Å². The van der Waals surface area contributed by atoms with Crippen LogP contribution in [-0.4, -0.2) is 36.8 Å². The molecule has 2 N–H and O–H groups in total. The maximum atomic E-state index is 10.0. The third-order valence-electron chi connectivity index (χ3n) is 1.67. The Kier molecular flexibility index (Phi) is 8.55. The molecule has 7 nitrogen and oxygen atoms in total. The van der Waals surface area contributed by atoms with Crippen LogP contribution in [0.4, 0.5) is 0 Å². The van der Waals surface area contributed by atoms with Crippen LogP contribution in [0, 0.1) is 0 Å². The Morgan fingerprint density at radius 2 is 1.00 bits per heavy atom. The van der Waals surface area contributed by atoms with E-state index in [4.69, 9.17) is 4.74 Å². The van der Waals surface area contributed by atoms with Gasteiger partial charge in [-0.05, 0) is 13.8 Å². The van der Waals surface area contributed by atoms with Gasteiger partial charge in [0, 0.05) is 37.5 Å². The predicted octanol–water partition coefficient (Wildman–Crippen LogP) is -0.559. The van der Waals surface area contributed by atoms with Crippen molar-refractivity contribution in [3.8, 4) is 0 Å². The van der Waals surface area contributed by atoms with E-state index in [0.29, 0.717) is 0 Å². The molecule has 2 aliphatic heterocycles. The minimum Gasteiger partial charge on any atom is -0.382 e. The van der Waals surface area contributed by atoms with Gasteiger partial charge in [-0.2, -0.15) is 0 Å². The summed E-state index contributed by atoms with van der Waals surface area (Å²) in [6.07, 6.45) is 4.79. The Balaban J connectivity index is 0.000000261. The molecule has 0 fully saturated rings. The molecule has 0 spiro atoms. The lowest BCUT2D eigenvalue weighted by atomic mass is 10.6. The molecular weight excluding hydrogens is 252 g/mol. The number of carbonyl (C=O) groups excluding carboxylic acids is 4. The van der Waals surface area contributed by atoms with Gasteiger partial charge in [0.2, 0.25) is 0 Å². The average molecular weight is 268 g/mol. The Bertz CT molecular complexity index is 342. The number of hydrogen-bond acceptors (Lipinski definition) is 5. The molecule has 4 amide bonds. The van der Waals surface area contributed by atoms with E-state index < -0.39 is 0 Å². The quantitative estimate of drug-likeness (QED) is 0.654. The summed E-state index contributed by atoms with van der Waals surface area (Å²) in [5.74, 6) is -1.31. The Hall–Kier alpha value is -2.28. The standard InChI is InChI=1S/2C4H3NO2.C4H10O/c2*6-3-1-2-4(7)5-3;1-3-5-4-2/h2*1-2H,(H,5,6,7);3-4H2,1-2H3. The van der Waals surface area contributed by atoms with Crippen molar-refractivity contribution in [2.45, 2.75) is 13.8 Å². The lowest BCUT2D eigenvalue weighted by molar-refractivity contribution is -0.125. The summed E-state index contributed by atoms with van der Waals surface area (Å²) >= 11 is 0. The van der Waals surface area contributed by atoms with Gasteiger partial charge in [-0.1, -0.05) is 0 Å². The van der Waals surface area contributed by atoms with Crippen molar-refractivity contribution in [1.29, 1.82) is 0 Å². The molecule has 2 aliphatic rings. The summed E-state index contributed by atoms with van der Waals surface area (Å²) in [4.78, 5) is 40.1. The van der Waals surface area contributed by atoms with Crippen LogP contribution in [0.25, 0.3) is 0 Å². The summed E-state index contributed by atoms with van der Waals surface area (Å²) in [6, 6.07) is 0. The first-order valence-electron chi connectivity index (χ1n) is 5.63. The number of hydrogen-bond donors (Lipinski definition) is 2. The fraction of sp³-hybridized carbons (Fsp3) is 0.333. The van der Waals surface area contributed by atoms with Gasteiger partial charge >= 0.3 is 0 Å². The van der Waals surface area contributed by atoms with Crippen LogP contribution in [0.1, 0.15) is 13.8 Å². The predicted molar refractivity (Wildman–Crippen MR) is 66.7 cm³/mol. The lowest BCUT2D eigenvalue weighted by Crippen LogP contribution is -2.19. The van der Waals surface area contributed by atoms with E-state index in [9.17, 15) is 19.2 Å². The van der Waals surface area contributed by atoms with Crippen LogP contribution in [0.3, 0.4) is 0 Å². The minimum atomic E-state index is -0.329. The van der Waals surface area contributed by atoms with Gasteiger partial charge in [0.25, 0.3) is 23.6 Å². The zero-order chi connectivity index (χ0) is 14.7. The van der Waals surface area contributed by atoms with Crippen LogP contribution in [0.5, 0.6) is 0 Å². The minimum absolute atomic E-state index is 0.329. The second kappa shape index (κ2) is 9.72.